The van der Waals surface area contributed by atoms with Crippen LogP contribution in [0.1, 0.15) is 36.4 Å². The van der Waals surface area contributed by atoms with Crippen LogP contribution in [0.2, 0.25) is 5.02 Å². The van der Waals surface area contributed by atoms with E-state index >= 15 is 0 Å². The first kappa shape index (κ1) is 17.8. The lowest BCUT2D eigenvalue weighted by molar-refractivity contribution is 0.0702. The van der Waals surface area contributed by atoms with Gasteiger partial charge >= 0.3 is 5.97 Å². The first-order valence-corrected chi connectivity index (χ1v) is 9.41. The van der Waals surface area contributed by atoms with Crippen molar-refractivity contribution in [1.29, 1.82) is 0 Å². The molecular weight excluding hydrogens is 358 g/mol. The highest BCUT2D eigenvalue weighted by atomic mass is 35.5. The van der Waals surface area contributed by atoms with E-state index in [4.69, 9.17) is 11.6 Å². The number of aromatic nitrogens is 1. The maximum absolute atomic E-state index is 11.3. The molecule has 0 unspecified atom stereocenters. The summed E-state index contributed by atoms with van der Waals surface area (Å²) < 4.78 is 3.07. The highest BCUT2D eigenvalue weighted by Gasteiger charge is 2.18. The second kappa shape index (κ2) is 7.10. The molecule has 0 amide bonds. The number of phenols is 1. The molecule has 3 aromatic rings. The zero-order valence-corrected chi connectivity index (χ0v) is 15.7. The SMILES string of the molecule is CC(C)CCCn1c(-c2ccc(O)cc2Cl)cc2sc(C(=O)O)cc21. The van der Waals surface area contributed by atoms with Gasteiger partial charge < -0.3 is 14.8 Å². The Morgan fingerprint density at radius 1 is 1.28 bits per heavy atom. The summed E-state index contributed by atoms with van der Waals surface area (Å²) in [5, 5.41) is 19.3. The molecule has 0 spiro atoms. The van der Waals surface area contributed by atoms with Crippen LogP contribution in [0.3, 0.4) is 0 Å². The smallest absolute Gasteiger partial charge is 0.345 e. The molecular formula is C19H20ClNO3S. The quantitative estimate of drug-likeness (QED) is 0.565. The van der Waals surface area contributed by atoms with Crippen LogP contribution in [0.15, 0.2) is 30.3 Å². The summed E-state index contributed by atoms with van der Waals surface area (Å²) in [5.41, 5.74) is 2.71. The molecule has 3 rings (SSSR count). The van der Waals surface area contributed by atoms with Crippen molar-refractivity contribution in [2.45, 2.75) is 33.2 Å². The number of phenolic OH excluding ortho intramolecular Hbond substituents is 1. The second-order valence-electron chi connectivity index (χ2n) is 6.55. The third-order valence-electron chi connectivity index (χ3n) is 4.19. The minimum absolute atomic E-state index is 0.127. The summed E-state index contributed by atoms with van der Waals surface area (Å²) in [6.07, 6.45) is 2.10. The third kappa shape index (κ3) is 3.67. The topological polar surface area (TPSA) is 62.5 Å². The van der Waals surface area contributed by atoms with Crippen LogP contribution in [0.5, 0.6) is 5.75 Å². The zero-order valence-electron chi connectivity index (χ0n) is 14.1. The summed E-state index contributed by atoms with van der Waals surface area (Å²) in [6.45, 7) is 5.18. The fourth-order valence-corrected chi connectivity index (χ4v) is 4.19. The van der Waals surface area contributed by atoms with E-state index < -0.39 is 5.97 Å². The molecule has 0 aliphatic carbocycles. The largest absolute Gasteiger partial charge is 0.508 e. The Hall–Kier alpha value is -1.98. The van der Waals surface area contributed by atoms with Crippen LogP contribution in [-0.4, -0.2) is 20.7 Å². The lowest BCUT2D eigenvalue weighted by Crippen LogP contribution is -2.02. The molecule has 25 heavy (non-hydrogen) atoms. The van der Waals surface area contributed by atoms with Gasteiger partial charge in [0.15, 0.2) is 0 Å². The van der Waals surface area contributed by atoms with Crippen molar-refractivity contribution in [3.8, 4) is 17.0 Å². The van der Waals surface area contributed by atoms with Crippen LogP contribution in [0, 0.1) is 5.92 Å². The van der Waals surface area contributed by atoms with Gasteiger partial charge in [-0.25, -0.2) is 4.79 Å². The van der Waals surface area contributed by atoms with E-state index in [0.29, 0.717) is 15.8 Å². The minimum Gasteiger partial charge on any atom is -0.508 e. The van der Waals surface area contributed by atoms with Crippen molar-refractivity contribution in [3.05, 3.63) is 40.2 Å². The van der Waals surface area contributed by atoms with Gasteiger partial charge in [0, 0.05) is 12.1 Å². The van der Waals surface area contributed by atoms with Gasteiger partial charge in [0.05, 0.1) is 20.9 Å². The van der Waals surface area contributed by atoms with E-state index in [2.05, 4.69) is 18.4 Å². The van der Waals surface area contributed by atoms with E-state index in [0.717, 1.165) is 40.9 Å². The molecule has 132 valence electrons. The Morgan fingerprint density at radius 2 is 2.04 bits per heavy atom. The molecule has 0 saturated heterocycles. The lowest BCUT2D eigenvalue weighted by Gasteiger charge is -2.13. The molecule has 0 aliphatic rings. The van der Waals surface area contributed by atoms with Crippen LogP contribution < -0.4 is 0 Å². The minimum atomic E-state index is -0.904. The second-order valence-corrected chi connectivity index (χ2v) is 8.04. The number of thiophene rings is 1. The van der Waals surface area contributed by atoms with E-state index in [1.165, 1.54) is 17.4 Å². The van der Waals surface area contributed by atoms with Gasteiger partial charge in [-0.2, -0.15) is 0 Å². The molecule has 2 N–H and O–H groups in total. The van der Waals surface area contributed by atoms with Gasteiger partial charge in [0.2, 0.25) is 0 Å². The number of carbonyl (C=O) groups is 1. The average molecular weight is 378 g/mol. The Labute approximate surface area is 155 Å². The number of benzene rings is 1. The fraction of sp³-hybridized carbons (Fsp3) is 0.316. The molecule has 4 nitrogen and oxygen atoms in total. The number of hydrogen-bond acceptors (Lipinski definition) is 3. The van der Waals surface area contributed by atoms with Crippen molar-refractivity contribution in [2.75, 3.05) is 0 Å². The number of aryl methyl sites for hydroxylation is 1. The fourth-order valence-electron chi connectivity index (χ4n) is 2.98. The molecule has 0 radical (unpaired) electrons. The van der Waals surface area contributed by atoms with Crippen molar-refractivity contribution < 1.29 is 15.0 Å². The van der Waals surface area contributed by atoms with Crippen molar-refractivity contribution >= 4 is 39.1 Å². The predicted molar refractivity (Wildman–Crippen MR) is 103 cm³/mol. The number of hydrogen-bond donors (Lipinski definition) is 2. The number of aromatic carboxylic acids is 1. The van der Waals surface area contributed by atoms with Gasteiger partial charge in [-0.05, 0) is 49.1 Å². The maximum atomic E-state index is 11.3. The third-order valence-corrected chi connectivity index (χ3v) is 5.56. The molecule has 0 saturated carbocycles. The molecule has 0 atom stereocenters. The summed E-state index contributed by atoms with van der Waals surface area (Å²) in [5.74, 6) is -0.162. The molecule has 0 fully saturated rings. The lowest BCUT2D eigenvalue weighted by atomic mass is 10.1. The normalized spacial score (nSPS) is 11.5. The van der Waals surface area contributed by atoms with E-state index in [9.17, 15) is 15.0 Å². The number of carboxylic acids is 1. The van der Waals surface area contributed by atoms with E-state index in [1.807, 2.05) is 6.07 Å². The van der Waals surface area contributed by atoms with Crippen molar-refractivity contribution in [2.24, 2.45) is 5.92 Å². The molecule has 0 bridgehead atoms. The number of aromatic hydroxyl groups is 1. The number of rotatable bonds is 6. The number of fused-ring (bicyclic) bond motifs is 1. The molecule has 0 aliphatic heterocycles. The van der Waals surface area contributed by atoms with Gasteiger partial charge in [-0.1, -0.05) is 25.4 Å². The van der Waals surface area contributed by atoms with Gasteiger partial charge in [-0.15, -0.1) is 11.3 Å². The zero-order chi connectivity index (χ0) is 18.1. The van der Waals surface area contributed by atoms with Gasteiger partial charge in [-0.3, -0.25) is 0 Å². The molecule has 2 aromatic heterocycles. The number of halogens is 1. The Morgan fingerprint density at radius 3 is 2.68 bits per heavy atom. The summed E-state index contributed by atoms with van der Waals surface area (Å²) in [7, 11) is 0. The van der Waals surface area contributed by atoms with Crippen LogP contribution in [0.25, 0.3) is 21.5 Å². The monoisotopic (exact) mass is 377 g/mol. The van der Waals surface area contributed by atoms with Crippen LogP contribution in [0.4, 0.5) is 0 Å². The van der Waals surface area contributed by atoms with Gasteiger partial charge in [0.1, 0.15) is 10.6 Å². The van der Waals surface area contributed by atoms with Crippen molar-refractivity contribution in [3.63, 3.8) is 0 Å². The average Bonchev–Trinajstić information content (AvgIpc) is 3.06. The van der Waals surface area contributed by atoms with E-state index in [1.54, 1.807) is 18.2 Å². The Kier molecular flexibility index (Phi) is 5.06. The summed E-state index contributed by atoms with van der Waals surface area (Å²) in [4.78, 5) is 11.6. The number of carboxylic acid groups (broad SMARTS) is 1. The summed E-state index contributed by atoms with van der Waals surface area (Å²) in [6, 6.07) is 8.66. The van der Waals surface area contributed by atoms with Crippen LogP contribution in [-0.2, 0) is 6.54 Å². The molecule has 2 heterocycles. The Balaban J connectivity index is 2.09. The Bertz CT molecular complexity index is 926. The first-order valence-electron chi connectivity index (χ1n) is 8.22. The van der Waals surface area contributed by atoms with Crippen LogP contribution >= 0.6 is 22.9 Å². The highest BCUT2D eigenvalue weighted by Crippen LogP contribution is 2.38. The maximum Gasteiger partial charge on any atom is 0.345 e. The molecule has 6 heteroatoms. The molecule has 1 aromatic carbocycles. The van der Waals surface area contributed by atoms with Gasteiger partial charge in [0.25, 0.3) is 0 Å². The van der Waals surface area contributed by atoms with Crippen molar-refractivity contribution in [1.82, 2.24) is 4.57 Å². The number of nitrogens with zero attached hydrogens (tertiary/aromatic N) is 1. The summed E-state index contributed by atoms with van der Waals surface area (Å²) >= 11 is 7.60. The predicted octanol–water partition coefficient (Wildman–Crippen LogP) is 5.86. The standard InChI is InChI=1S/C19H20ClNO3S/c1-11(2)4-3-7-21-15(13-6-5-12(22)8-14(13)20)9-17-16(21)10-18(25-17)19(23)24/h5-6,8-11,22H,3-4,7H2,1-2H3,(H,23,24). The highest BCUT2D eigenvalue weighted by molar-refractivity contribution is 7.20. The van der Waals surface area contributed by atoms with E-state index in [-0.39, 0.29) is 5.75 Å². The first-order chi connectivity index (χ1) is 11.9.